The van der Waals surface area contributed by atoms with Gasteiger partial charge in [-0.05, 0) is 19.3 Å². The molecule has 0 bridgehead atoms. The highest BCUT2D eigenvalue weighted by molar-refractivity contribution is 8.00. The van der Waals surface area contributed by atoms with E-state index in [1.54, 1.807) is 11.8 Å². The number of nitrogens with one attached hydrogen (secondary N) is 1. The van der Waals surface area contributed by atoms with Gasteiger partial charge in [-0.25, -0.2) is 9.59 Å². The zero-order valence-electron chi connectivity index (χ0n) is 12.7. The Morgan fingerprint density at radius 1 is 1.38 bits per heavy atom. The fraction of sp³-hybridized carbons (Fsp3) is 0.857. The molecule has 2 N–H and O–H groups in total. The summed E-state index contributed by atoms with van der Waals surface area (Å²) >= 11 is 1.54. The lowest BCUT2D eigenvalue weighted by Gasteiger charge is -2.32. The molecule has 2 rings (SSSR count). The molecule has 0 aromatic heterocycles. The van der Waals surface area contributed by atoms with Crippen molar-refractivity contribution >= 4 is 23.8 Å². The van der Waals surface area contributed by atoms with Gasteiger partial charge in [0.1, 0.15) is 6.04 Å². The SMILES string of the molecule is CC(C)C1SCC(C(=O)O)N1C(=O)NC(C)C1CCOC1. The number of amides is 2. The number of carbonyl (C=O) groups is 2. The number of ether oxygens (including phenoxy) is 1. The van der Waals surface area contributed by atoms with E-state index in [1.807, 2.05) is 20.8 Å². The molecular formula is C14H24N2O4S. The second kappa shape index (κ2) is 6.87. The lowest BCUT2D eigenvalue weighted by molar-refractivity contribution is -0.141. The van der Waals surface area contributed by atoms with Crippen molar-refractivity contribution < 1.29 is 19.4 Å². The van der Waals surface area contributed by atoms with Crippen molar-refractivity contribution in [3.05, 3.63) is 0 Å². The number of hydrogen-bond acceptors (Lipinski definition) is 4. The van der Waals surface area contributed by atoms with Gasteiger partial charge in [0.15, 0.2) is 0 Å². The Hall–Kier alpha value is -0.950. The maximum absolute atomic E-state index is 12.5. The molecule has 0 aromatic carbocycles. The summed E-state index contributed by atoms with van der Waals surface area (Å²) in [4.78, 5) is 25.4. The zero-order chi connectivity index (χ0) is 15.6. The van der Waals surface area contributed by atoms with Crippen LogP contribution in [0.1, 0.15) is 27.2 Å². The van der Waals surface area contributed by atoms with Crippen LogP contribution < -0.4 is 5.32 Å². The van der Waals surface area contributed by atoms with Crippen LogP contribution in [0.25, 0.3) is 0 Å². The third-order valence-electron chi connectivity index (χ3n) is 4.15. The highest BCUT2D eigenvalue weighted by Crippen LogP contribution is 2.34. The van der Waals surface area contributed by atoms with E-state index < -0.39 is 12.0 Å². The number of carboxylic acids is 1. The normalized spacial score (nSPS) is 30.7. The minimum absolute atomic E-state index is 0.00661. The van der Waals surface area contributed by atoms with Crippen LogP contribution in [0.2, 0.25) is 0 Å². The van der Waals surface area contributed by atoms with Crippen LogP contribution in [-0.2, 0) is 9.53 Å². The maximum atomic E-state index is 12.5. The first-order chi connectivity index (χ1) is 9.91. The van der Waals surface area contributed by atoms with E-state index in [0.29, 0.717) is 18.3 Å². The predicted molar refractivity (Wildman–Crippen MR) is 81.3 cm³/mol. The summed E-state index contributed by atoms with van der Waals surface area (Å²) in [5.74, 6) is 0.0462. The summed E-state index contributed by atoms with van der Waals surface area (Å²) in [7, 11) is 0. The largest absolute Gasteiger partial charge is 0.480 e. The highest BCUT2D eigenvalue weighted by atomic mass is 32.2. The van der Waals surface area contributed by atoms with Gasteiger partial charge in [-0.3, -0.25) is 4.90 Å². The van der Waals surface area contributed by atoms with Crippen molar-refractivity contribution in [1.29, 1.82) is 0 Å². The van der Waals surface area contributed by atoms with E-state index in [-0.39, 0.29) is 23.4 Å². The molecule has 120 valence electrons. The van der Waals surface area contributed by atoms with Crippen molar-refractivity contribution in [2.75, 3.05) is 19.0 Å². The van der Waals surface area contributed by atoms with E-state index >= 15 is 0 Å². The number of carboxylic acid groups (broad SMARTS) is 1. The predicted octanol–water partition coefficient (Wildman–Crippen LogP) is 1.61. The lowest BCUT2D eigenvalue weighted by atomic mass is 10.0. The minimum Gasteiger partial charge on any atom is -0.480 e. The van der Waals surface area contributed by atoms with Crippen LogP contribution >= 0.6 is 11.8 Å². The fourth-order valence-corrected chi connectivity index (χ4v) is 4.29. The molecule has 4 atom stereocenters. The molecule has 2 aliphatic rings. The summed E-state index contributed by atoms with van der Waals surface area (Å²) in [6.07, 6.45) is 0.937. The number of thioether (sulfide) groups is 1. The second-order valence-electron chi connectivity index (χ2n) is 6.09. The minimum atomic E-state index is -0.933. The van der Waals surface area contributed by atoms with Crippen molar-refractivity contribution in [1.82, 2.24) is 10.2 Å². The number of carbonyl (C=O) groups excluding carboxylic acids is 1. The van der Waals surface area contributed by atoms with Gasteiger partial charge >= 0.3 is 12.0 Å². The molecule has 0 radical (unpaired) electrons. The van der Waals surface area contributed by atoms with Crippen molar-refractivity contribution in [2.45, 2.75) is 44.6 Å². The molecule has 21 heavy (non-hydrogen) atoms. The quantitative estimate of drug-likeness (QED) is 0.824. The van der Waals surface area contributed by atoms with E-state index in [9.17, 15) is 14.7 Å². The standard InChI is InChI=1S/C14H24N2O4S/c1-8(2)12-16(11(7-21-12)13(17)18)14(19)15-9(3)10-4-5-20-6-10/h8-12H,4-7H2,1-3H3,(H,15,19)(H,17,18). The van der Waals surface area contributed by atoms with Gasteiger partial charge in [-0.15, -0.1) is 11.8 Å². The average molecular weight is 316 g/mol. The van der Waals surface area contributed by atoms with Crippen LogP contribution in [0.4, 0.5) is 4.79 Å². The van der Waals surface area contributed by atoms with E-state index in [0.717, 1.165) is 13.0 Å². The Morgan fingerprint density at radius 2 is 2.10 bits per heavy atom. The first-order valence-electron chi connectivity index (χ1n) is 7.42. The van der Waals surface area contributed by atoms with Crippen LogP contribution in [0.15, 0.2) is 0 Å². The van der Waals surface area contributed by atoms with Gasteiger partial charge in [0.2, 0.25) is 0 Å². The Labute approximate surface area is 129 Å². The van der Waals surface area contributed by atoms with E-state index in [4.69, 9.17) is 4.74 Å². The Morgan fingerprint density at radius 3 is 2.62 bits per heavy atom. The summed E-state index contributed by atoms with van der Waals surface area (Å²) in [5, 5.41) is 12.2. The van der Waals surface area contributed by atoms with Crippen LogP contribution in [0.3, 0.4) is 0 Å². The third kappa shape index (κ3) is 3.63. The molecule has 6 nitrogen and oxygen atoms in total. The molecule has 2 saturated heterocycles. The molecule has 0 aliphatic carbocycles. The summed E-state index contributed by atoms with van der Waals surface area (Å²) < 4.78 is 5.34. The molecule has 2 amide bonds. The molecule has 7 heteroatoms. The Bertz CT molecular complexity index is 398. The van der Waals surface area contributed by atoms with Crippen molar-refractivity contribution in [2.24, 2.45) is 11.8 Å². The molecule has 2 fully saturated rings. The average Bonchev–Trinajstić information content (AvgIpc) is 3.07. The molecule has 4 unspecified atom stereocenters. The van der Waals surface area contributed by atoms with E-state index in [1.165, 1.54) is 4.90 Å². The number of urea groups is 1. The summed E-state index contributed by atoms with van der Waals surface area (Å²) in [6.45, 7) is 7.37. The van der Waals surface area contributed by atoms with Gasteiger partial charge in [-0.2, -0.15) is 0 Å². The number of rotatable bonds is 4. The van der Waals surface area contributed by atoms with Gasteiger partial charge in [0.25, 0.3) is 0 Å². The molecule has 0 saturated carbocycles. The molecule has 0 aromatic rings. The molecular weight excluding hydrogens is 292 g/mol. The monoisotopic (exact) mass is 316 g/mol. The summed E-state index contributed by atoms with van der Waals surface area (Å²) in [5.41, 5.74) is 0. The fourth-order valence-electron chi connectivity index (χ4n) is 2.82. The Kier molecular flexibility index (Phi) is 5.37. The Balaban J connectivity index is 2.04. The lowest BCUT2D eigenvalue weighted by Crippen LogP contribution is -2.54. The topological polar surface area (TPSA) is 78.9 Å². The molecule has 2 heterocycles. The van der Waals surface area contributed by atoms with Crippen LogP contribution in [-0.4, -0.2) is 58.4 Å². The number of aliphatic carboxylic acids is 1. The maximum Gasteiger partial charge on any atom is 0.327 e. The first kappa shape index (κ1) is 16.4. The zero-order valence-corrected chi connectivity index (χ0v) is 13.6. The number of nitrogens with zero attached hydrogens (tertiary/aromatic N) is 1. The first-order valence-corrected chi connectivity index (χ1v) is 8.47. The van der Waals surface area contributed by atoms with Gasteiger partial charge < -0.3 is 15.2 Å². The van der Waals surface area contributed by atoms with Crippen LogP contribution in [0, 0.1) is 11.8 Å². The summed E-state index contributed by atoms with van der Waals surface area (Å²) in [6, 6.07) is -1.02. The van der Waals surface area contributed by atoms with Crippen molar-refractivity contribution in [3.63, 3.8) is 0 Å². The number of hydrogen-bond donors (Lipinski definition) is 2. The molecule has 2 aliphatic heterocycles. The van der Waals surface area contributed by atoms with E-state index in [2.05, 4.69) is 5.32 Å². The third-order valence-corrected chi connectivity index (χ3v) is 5.77. The second-order valence-corrected chi connectivity index (χ2v) is 7.24. The van der Waals surface area contributed by atoms with Gasteiger partial charge in [0, 0.05) is 24.3 Å². The molecule has 0 spiro atoms. The van der Waals surface area contributed by atoms with Crippen LogP contribution in [0.5, 0.6) is 0 Å². The van der Waals surface area contributed by atoms with Gasteiger partial charge in [0.05, 0.1) is 12.0 Å². The highest BCUT2D eigenvalue weighted by Gasteiger charge is 2.43. The van der Waals surface area contributed by atoms with Crippen molar-refractivity contribution in [3.8, 4) is 0 Å². The smallest absolute Gasteiger partial charge is 0.327 e. The van der Waals surface area contributed by atoms with Gasteiger partial charge in [-0.1, -0.05) is 13.8 Å².